The van der Waals surface area contributed by atoms with E-state index in [9.17, 15) is 4.79 Å². The first kappa shape index (κ1) is 15.1. The summed E-state index contributed by atoms with van der Waals surface area (Å²) in [5.41, 5.74) is 6.82. The number of carbonyl (C=O) groups is 1. The number of anilines is 1. The minimum atomic E-state index is 0.0435. The van der Waals surface area contributed by atoms with E-state index in [2.05, 4.69) is 4.90 Å². The van der Waals surface area contributed by atoms with Gasteiger partial charge in [-0.05, 0) is 55.9 Å². The van der Waals surface area contributed by atoms with Gasteiger partial charge in [0.15, 0.2) is 0 Å². The van der Waals surface area contributed by atoms with Crippen LogP contribution in [-0.2, 0) is 0 Å². The normalized spacial score (nSPS) is 32.0. The van der Waals surface area contributed by atoms with Crippen molar-refractivity contribution >= 4 is 23.2 Å². The average molecular weight is 335 g/mol. The molecule has 1 amide bonds. The van der Waals surface area contributed by atoms with Crippen molar-refractivity contribution in [3.05, 3.63) is 22.7 Å². The number of hydrogen-bond acceptors (Lipinski definition) is 3. The third kappa shape index (κ3) is 2.57. The number of rotatable bonds is 2. The maximum atomic E-state index is 13.2. The van der Waals surface area contributed by atoms with Crippen molar-refractivity contribution < 1.29 is 9.53 Å². The van der Waals surface area contributed by atoms with Gasteiger partial charge >= 0.3 is 0 Å². The number of hydrogen-bond donors (Lipinski definition) is 1. The summed E-state index contributed by atoms with van der Waals surface area (Å²) in [4.78, 5) is 15.3. The van der Waals surface area contributed by atoms with Gasteiger partial charge in [-0.2, -0.15) is 0 Å². The lowest BCUT2D eigenvalue weighted by Gasteiger charge is -2.39. The van der Waals surface area contributed by atoms with E-state index in [1.165, 1.54) is 19.3 Å². The number of nitrogen functional groups attached to an aromatic ring is 1. The largest absolute Gasteiger partial charge is 0.496 e. The van der Waals surface area contributed by atoms with Crippen LogP contribution >= 0.6 is 11.6 Å². The van der Waals surface area contributed by atoms with Crippen LogP contribution in [0.1, 0.15) is 42.5 Å². The van der Waals surface area contributed by atoms with E-state index < -0.39 is 0 Å². The van der Waals surface area contributed by atoms with Gasteiger partial charge in [0.2, 0.25) is 0 Å². The van der Waals surface area contributed by atoms with E-state index in [0.29, 0.717) is 34.0 Å². The molecule has 124 valence electrons. The summed E-state index contributed by atoms with van der Waals surface area (Å²) in [6, 6.07) is 3.68. The van der Waals surface area contributed by atoms with Gasteiger partial charge in [-0.25, -0.2) is 0 Å². The Morgan fingerprint density at radius 1 is 1.17 bits per heavy atom. The molecule has 2 aliphatic carbocycles. The molecule has 1 aromatic carbocycles. The molecule has 4 bridgehead atoms. The molecule has 2 unspecified atom stereocenters. The summed E-state index contributed by atoms with van der Waals surface area (Å²) in [5.74, 6) is 2.84. The standard InChI is InChI=1S/C18H23ClN2O2/c1-23-17-8-16(20)15(19)7-14(17)18(22)21-9-12-3-10-2-11(4-12)6-13(21)5-10/h7-8,10-13H,2-6,9,20H2,1H3. The third-order valence-electron chi connectivity index (χ3n) is 5.92. The summed E-state index contributed by atoms with van der Waals surface area (Å²) >= 11 is 6.15. The highest BCUT2D eigenvalue weighted by Gasteiger charge is 2.44. The van der Waals surface area contributed by atoms with Gasteiger partial charge in [-0.3, -0.25) is 4.79 Å². The number of nitrogens with two attached hydrogens (primary N) is 1. The molecule has 2 aliphatic heterocycles. The molecular weight excluding hydrogens is 312 g/mol. The van der Waals surface area contributed by atoms with Crippen LogP contribution in [0.15, 0.2) is 12.1 Å². The molecule has 2 N–H and O–H groups in total. The highest BCUT2D eigenvalue weighted by molar-refractivity contribution is 6.33. The quantitative estimate of drug-likeness (QED) is 0.841. The van der Waals surface area contributed by atoms with Crippen molar-refractivity contribution in [2.75, 3.05) is 19.4 Å². The minimum Gasteiger partial charge on any atom is -0.496 e. The highest BCUT2D eigenvalue weighted by atomic mass is 35.5. The van der Waals surface area contributed by atoms with Crippen LogP contribution in [0.5, 0.6) is 5.75 Å². The maximum Gasteiger partial charge on any atom is 0.257 e. The van der Waals surface area contributed by atoms with Crippen molar-refractivity contribution in [1.82, 2.24) is 4.90 Å². The minimum absolute atomic E-state index is 0.0435. The Balaban J connectivity index is 1.68. The van der Waals surface area contributed by atoms with Crippen molar-refractivity contribution in [2.45, 2.75) is 38.1 Å². The maximum absolute atomic E-state index is 13.2. The smallest absolute Gasteiger partial charge is 0.257 e. The van der Waals surface area contributed by atoms with Gasteiger partial charge in [-0.1, -0.05) is 11.6 Å². The van der Waals surface area contributed by atoms with Gasteiger partial charge in [0.25, 0.3) is 5.91 Å². The van der Waals surface area contributed by atoms with Gasteiger partial charge < -0.3 is 15.4 Å². The molecule has 4 aliphatic rings. The number of halogens is 1. The first-order chi connectivity index (χ1) is 11.0. The number of nitrogens with zero attached hydrogens (tertiary/aromatic N) is 1. The number of benzene rings is 1. The zero-order valence-electron chi connectivity index (χ0n) is 13.4. The van der Waals surface area contributed by atoms with Crippen molar-refractivity contribution in [2.24, 2.45) is 17.8 Å². The highest BCUT2D eigenvalue weighted by Crippen LogP contribution is 2.48. The van der Waals surface area contributed by atoms with Gasteiger partial charge in [-0.15, -0.1) is 0 Å². The molecule has 23 heavy (non-hydrogen) atoms. The van der Waals surface area contributed by atoms with Crippen LogP contribution in [0, 0.1) is 17.8 Å². The zero-order chi connectivity index (χ0) is 16.1. The molecule has 2 heterocycles. The van der Waals surface area contributed by atoms with E-state index in [-0.39, 0.29) is 5.91 Å². The summed E-state index contributed by atoms with van der Waals surface area (Å²) in [6.45, 7) is 0.877. The SMILES string of the molecule is COc1cc(N)c(Cl)cc1C(=O)N1CC2CC3CC(C2)CC1C3. The average Bonchev–Trinajstić information content (AvgIpc) is 2.72. The van der Waals surface area contributed by atoms with Crippen LogP contribution in [0.4, 0.5) is 5.69 Å². The summed E-state index contributed by atoms with van der Waals surface area (Å²) in [7, 11) is 1.56. The van der Waals surface area contributed by atoms with Crippen LogP contribution < -0.4 is 10.5 Å². The lowest BCUT2D eigenvalue weighted by Crippen LogP contribution is -2.42. The predicted octanol–water partition coefficient (Wildman–Crippen LogP) is 3.58. The Morgan fingerprint density at radius 2 is 1.83 bits per heavy atom. The van der Waals surface area contributed by atoms with E-state index in [0.717, 1.165) is 31.2 Å². The second-order valence-electron chi connectivity index (χ2n) is 7.46. The lowest BCUT2D eigenvalue weighted by atomic mass is 9.68. The Labute approximate surface area is 141 Å². The number of ether oxygens (including phenoxy) is 1. The monoisotopic (exact) mass is 334 g/mol. The topological polar surface area (TPSA) is 55.6 Å². The van der Waals surface area contributed by atoms with Crippen molar-refractivity contribution in [1.29, 1.82) is 0 Å². The molecule has 2 saturated carbocycles. The van der Waals surface area contributed by atoms with Crippen LogP contribution in [0.2, 0.25) is 5.02 Å². The molecule has 4 fully saturated rings. The predicted molar refractivity (Wildman–Crippen MR) is 90.8 cm³/mol. The Hall–Kier alpha value is -1.42. The summed E-state index contributed by atoms with van der Waals surface area (Å²) < 4.78 is 5.38. The van der Waals surface area contributed by atoms with E-state index in [4.69, 9.17) is 22.1 Å². The molecule has 0 spiro atoms. The second kappa shape index (κ2) is 5.59. The first-order valence-corrected chi connectivity index (χ1v) is 8.87. The molecular formula is C18H23ClN2O2. The fourth-order valence-corrected chi connectivity index (χ4v) is 5.26. The molecule has 5 heteroatoms. The molecule has 2 atom stereocenters. The van der Waals surface area contributed by atoms with Crippen molar-refractivity contribution in [3.8, 4) is 5.75 Å². The van der Waals surface area contributed by atoms with Crippen LogP contribution in [-0.4, -0.2) is 30.5 Å². The molecule has 0 aromatic heterocycles. The Bertz CT molecular complexity index is 634. The van der Waals surface area contributed by atoms with Crippen LogP contribution in [0.25, 0.3) is 0 Å². The number of amides is 1. The summed E-state index contributed by atoms with van der Waals surface area (Å²) in [6.07, 6.45) is 6.26. The second-order valence-corrected chi connectivity index (χ2v) is 7.87. The zero-order valence-corrected chi connectivity index (χ0v) is 14.2. The third-order valence-corrected chi connectivity index (χ3v) is 6.24. The van der Waals surface area contributed by atoms with Gasteiger partial charge in [0.1, 0.15) is 5.75 Å². The molecule has 0 radical (unpaired) electrons. The van der Waals surface area contributed by atoms with E-state index in [1.54, 1.807) is 19.2 Å². The molecule has 2 saturated heterocycles. The number of fused-ring (bicyclic) bond motifs is 1. The first-order valence-electron chi connectivity index (χ1n) is 8.49. The Kier molecular flexibility index (Phi) is 3.67. The van der Waals surface area contributed by atoms with E-state index in [1.807, 2.05) is 0 Å². The van der Waals surface area contributed by atoms with E-state index >= 15 is 0 Å². The Morgan fingerprint density at radius 3 is 2.48 bits per heavy atom. The molecule has 5 rings (SSSR count). The number of methoxy groups -OCH3 is 1. The van der Waals surface area contributed by atoms with Crippen LogP contribution in [0.3, 0.4) is 0 Å². The molecule has 4 nitrogen and oxygen atoms in total. The van der Waals surface area contributed by atoms with Gasteiger partial charge in [0.05, 0.1) is 23.4 Å². The fraction of sp³-hybridized carbons (Fsp3) is 0.611. The lowest BCUT2D eigenvalue weighted by molar-refractivity contribution is 0.0629. The fourth-order valence-electron chi connectivity index (χ4n) is 5.09. The van der Waals surface area contributed by atoms with Gasteiger partial charge in [0, 0.05) is 18.7 Å². The summed E-state index contributed by atoms with van der Waals surface area (Å²) in [5, 5.41) is 0.412. The molecule has 1 aromatic rings. The number of carbonyl (C=O) groups excluding carboxylic acids is 1. The van der Waals surface area contributed by atoms with Crippen molar-refractivity contribution in [3.63, 3.8) is 0 Å².